The van der Waals surface area contributed by atoms with Crippen molar-refractivity contribution in [2.45, 2.75) is 33.2 Å². The van der Waals surface area contributed by atoms with Crippen molar-refractivity contribution in [2.24, 2.45) is 5.92 Å². The maximum absolute atomic E-state index is 3.77. The summed E-state index contributed by atoms with van der Waals surface area (Å²) in [6.45, 7) is 11.3. The van der Waals surface area contributed by atoms with E-state index in [0.29, 0.717) is 12.0 Å². The average Bonchev–Trinajstić information content (AvgIpc) is 2.42. The first-order valence-electron chi connectivity index (χ1n) is 7.34. The summed E-state index contributed by atoms with van der Waals surface area (Å²) in [6, 6.07) is 7.31. The lowest BCUT2D eigenvalue weighted by Crippen LogP contribution is -2.46. The van der Waals surface area contributed by atoms with E-state index in [-0.39, 0.29) is 24.8 Å². The Hall–Kier alpha value is 0.200. The van der Waals surface area contributed by atoms with Gasteiger partial charge >= 0.3 is 0 Å². The van der Waals surface area contributed by atoms with E-state index in [4.69, 9.17) is 0 Å². The minimum Gasteiger partial charge on any atom is -0.314 e. The molecule has 1 aromatic rings. The van der Waals surface area contributed by atoms with Crippen LogP contribution in [-0.4, -0.2) is 31.1 Å². The van der Waals surface area contributed by atoms with Gasteiger partial charge in [0.05, 0.1) is 0 Å². The van der Waals surface area contributed by atoms with E-state index in [9.17, 15) is 0 Å². The molecule has 2 rings (SSSR count). The summed E-state index contributed by atoms with van der Waals surface area (Å²) in [6.07, 6.45) is 1.22. The largest absolute Gasteiger partial charge is 0.314 e. The van der Waals surface area contributed by atoms with Crippen LogP contribution in [0.5, 0.6) is 0 Å². The summed E-state index contributed by atoms with van der Waals surface area (Å²) in [7, 11) is 0. The normalized spacial score (nSPS) is 18.3. The van der Waals surface area contributed by atoms with Crippen molar-refractivity contribution in [3.63, 3.8) is 0 Å². The number of aryl methyl sites for hydroxylation is 1. The predicted molar refractivity (Wildman–Crippen MR) is 100 cm³/mol. The Morgan fingerprint density at radius 1 is 1.24 bits per heavy atom. The molecule has 0 aromatic heterocycles. The zero-order chi connectivity index (χ0) is 13.8. The van der Waals surface area contributed by atoms with E-state index in [0.717, 1.165) is 26.2 Å². The van der Waals surface area contributed by atoms with Crippen molar-refractivity contribution in [1.29, 1.82) is 0 Å². The Bertz CT molecular complexity index is 423. The molecule has 1 aliphatic rings. The molecule has 0 radical (unpaired) electrons. The number of hydrogen-bond acceptors (Lipinski definition) is 2. The molecule has 1 N–H and O–H groups in total. The number of halogens is 3. The molecule has 1 aromatic carbocycles. The Kier molecular flexibility index (Phi) is 10.2. The first kappa shape index (κ1) is 21.2. The lowest BCUT2D eigenvalue weighted by atomic mass is 9.90. The van der Waals surface area contributed by atoms with Gasteiger partial charge in [-0.05, 0) is 30.0 Å². The molecule has 1 fully saturated rings. The highest BCUT2D eigenvalue weighted by Crippen LogP contribution is 2.35. The number of benzene rings is 1. The van der Waals surface area contributed by atoms with Crippen LogP contribution in [0.4, 0.5) is 0 Å². The first-order chi connectivity index (χ1) is 9.13. The van der Waals surface area contributed by atoms with Gasteiger partial charge in [-0.15, -0.1) is 24.8 Å². The standard InChI is InChI=1S/C16H25BrN2.2ClH/c1-4-13(3)16(19-9-7-18-8-10-19)14-6-5-12(2)11-15(14)17;;/h5-6,11,13,16,18H,4,7-10H2,1-3H3;2*1H/t13?,16-;;/m0../s1. The van der Waals surface area contributed by atoms with Gasteiger partial charge in [-0.1, -0.05) is 48.3 Å². The summed E-state index contributed by atoms with van der Waals surface area (Å²) < 4.78 is 1.26. The van der Waals surface area contributed by atoms with Crippen LogP contribution in [0.3, 0.4) is 0 Å². The number of hydrogen-bond donors (Lipinski definition) is 1. The zero-order valence-electron chi connectivity index (χ0n) is 13.1. The second-order valence-electron chi connectivity index (χ2n) is 5.64. The lowest BCUT2D eigenvalue weighted by molar-refractivity contribution is 0.128. The average molecular weight is 398 g/mol. The third-order valence-corrected chi connectivity index (χ3v) is 4.89. The fourth-order valence-corrected chi connectivity index (χ4v) is 3.65. The van der Waals surface area contributed by atoms with E-state index in [1.807, 2.05) is 0 Å². The first-order valence-corrected chi connectivity index (χ1v) is 8.13. The highest BCUT2D eigenvalue weighted by molar-refractivity contribution is 9.10. The van der Waals surface area contributed by atoms with Gasteiger partial charge in [-0.2, -0.15) is 0 Å². The van der Waals surface area contributed by atoms with Crippen LogP contribution in [-0.2, 0) is 0 Å². The zero-order valence-corrected chi connectivity index (χ0v) is 16.3. The van der Waals surface area contributed by atoms with E-state index >= 15 is 0 Å². The molecule has 1 unspecified atom stereocenters. The molecule has 0 bridgehead atoms. The number of nitrogens with zero attached hydrogens (tertiary/aromatic N) is 1. The summed E-state index contributed by atoms with van der Waals surface area (Å²) in [5, 5.41) is 3.45. The predicted octanol–water partition coefficient (Wildman–Crippen LogP) is 4.59. The minimum atomic E-state index is 0. The van der Waals surface area contributed by atoms with Gasteiger partial charge in [0.1, 0.15) is 0 Å². The molecule has 21 heavy (non-hydrogen) atoms. The van der Waals surface area contributed by atoms with Crippen LogP contribution >= 0.6 is 40.7 Å². The molecular formula is C16H27BrCl2N2. The highest BCUT2D eigenvalue weighted by Gasteiger charge is 2.27. The van der Waals surface area contributed by atoms with Crippen molar-refractivity contribution >= 4 is 40.7 Å². The maximum Gasteiger partial charge on any atom is 0.0385 e. The maximum atomic E-state index is 3.77. The highest BCUT2D eigenvalue weighted by atomic mass is 79.9. The van der Waals surface area contributed by atoms with Gasteiger partial charge in [0.2, 0.25) is 0 Å². The SMILES string of the molecule is CCC(C)[C@@H](c1ccc(C)cc1Br)N1CCNCC1.Cl.Cl. The van der Waals surface area contributed by atoms with Crippen molar-refractivity contribution in [3.8, 4) is 0 Å². The molecule has 1 saturated heterocycles. The van der Waals surface area contributed by atoms with Gasteiger partial charge < -0.3 is 5.32 Å². The van der Waals surface area contributed by atoms with Gasteiger partial charge in [0, 0.05) is 36.7 Å². The monoisotopic (exact) mass is 396 g/mol. The molecule has 122 valence electrons. The van der Waals surface area contributed by atoms with Crippen molar-refractivity contribution in [1.82, 2.24) is 10.2 Å². The molecule has 1 aliphatic heterocycles. The molecular weight excluding hydrogens is 371 g/mol. The second kappa shape index (κ2) is 10.1. The van der Waals surface area contributed by atoms with Crippen LogP contribution in [0.15, 0.2) is 22.7 Å². The van der Waals surface area contributed by atoms with E-state index < -0.39 is 0 Å². The molecule has 0 aliphatic carbocycles. The van der Waals surface area contributed by atoms with Crippen molar-refractivity contribution in [3.05, 3.63) is 33.8 Å². The van der Waals surface area contributed by atoms with E-state index in [1.165, 1.54) is 22.0 Å². The molecule has 1 heterocycles. The number of nitrogens with one attached hydrogen (secondary N) is 1. The molecule has 0 spiro atoms. The molecule has 0 saturated carbocycles. The van der Waals surface area contributed by atoms with Gasteiger partial charge in [-0.25, -0.2) is 0 Å². The van der Waals surface area contributed by atoms with E-state index in [1.54, 1.807) is 0 Å². The van der Waals surface area contributed by atoms with Crippen molar-refractivity contribution in [2.75, 3.05) is 26.2 Å². The summed E-state index contributed by atoms with van der Waals surface area (Å²) in [4.78, 5) is 2.64. The Balaban J connectivity index is 0.00000200. The van der Waals surface area contributed by atoms with Gasteiger partial charge in [0.25, 0.3) is 0 Å². The third-order valence-electron chi connectivity index (χ3n) is 4.20. The van der Waals surface area contributed by atoms with Crippen molar-refractivity contribution < 1.29 is 0 Å². The summed E-state index contributed by atoms with van der Waals surface area (Å²) in [5.41, 5.74) is 2.76. The smallest absolute Gasteiger partial charge is 0.0385 e. The quantitative estimate of drug-likeness (QED) is 0.798. The van der Waals surface area contributed by atoms with Crippen LogP contribution in [0.25, 0.3) is 0 Å². The second-order valence-corrected chi connectivity index (χ2v) is 6.50. The Morgan fingerprint density at radius 2 is 1.86 bits per heavy atom. The summed E-state index contributed by atoms with van der Waals surface area (Å²) >= 11 is 3.77. The Labute approximate surface area is 150 Å². The molecule has 2 atom stereocenters. The van der Waals surface area contributed by atoms with Crippen LogP contribution in [0, 0.1) is 12.8 Å². The van der Waals surface area contributed by atoms with Gasteiger partial charge in [-0.3, -0.25) is 4.90 Å². The Morgan fingerprint density at radius 3 is 2.38 bits per heavy atom. The molecule has 2 nitrogen and oxygen atoms in total. The van der Waals surface area contributed by atoms with E-state index in [2.05, 4.69) is 65.1 Å². The van der Waals surface area contributed by atoms with Gasteiger partial charge in [0.15, 0.2) is 0 Å². The number of piperazine rings is 1. The summed E-state index contributed by atoms with van der Waals surface area (Å²) in [5.74, 6) is 0.678. The lowest BCUT2D eigenvalue weighted by Gasteiger charge is -2.39. The number of rotatable bonds is 4. The van der Waals surface area contributed by atoms with Crippen LogP contribution in [0.2, 0.25) is 0 Å². The minimum absolute atomic E-state index is 0. The third kappa shape index (κ3) is 5.40. The van der Waals surface area contributed by atoms with Crippen LogP contribution < -0.4 is 5.32 Å². The fraction of sp³-hybridized carbons (Fsp3) is 0.625. The molecule has 0 amide bonds. The topological polar surface area (TPSA) is 15.3 Å². The van der Waals surface area contributed by atoms with Crippen LogP contribution in [0.1, 0.15) is 37.4 Å². The molecule has 5 heteroatoms. The fourth-order valence-electron chi connectivity index (χ4n) is 2.92.